The van der Waals surface area contributed by atoms with Gasteiger partial charge in [-0.05, 0) is 30.5 Å². The van der Waals surface area contributed by atoms with Gasteiger partial charge in [0.15, 0.2) is 9.84 Å². The predicted molar refractivity (Wildman–Crippen MR) is 74.5 cm³/mol. The third-order valence-corrected chi connectivity index (χ3v) is 6.84. The molecule has 1 aliphatic heterocycles. The predicted octanol–water partition coefficient (Wildman–Crippen LogP) is -0.0473. The molecule has 1 fully saturated rings. The van der Waals surface area contributed by atoms with Crippen LogP contribution in [0.2, 0.25) is 0 Å². The van der Waals surface area contributed by atoms with Crippen LogP contribution in [0.15, 0.2) is 23.1 Å². The topological polar surface area (TPSA) is 101 Å². The maximum absolute atomic E-state index is 12.3. The van der Waals surface area contributed by atoms with Gasteiger partial charge in [-0.25, -0.2) is 21.6 Å². The minimum Gasteiger partial charge on any atom is -0.392 e. The molecule has 2 rings (SSSR count). The van der Waals surface area contributed by atoms with Gasteiger partial charge in [0, 0.05) is 6.04 Å². The molecule has 112 valence electrons. The summed E-state index contributed by atoms with van der Waals surface area (Å²) in [6.07, 6.45) is 0.292. The Bertz CT molecular complexity index is 709. The molecular weight excluding hydrogens is 302 g/mol. The van der Waals surface area contributed by atoms with Crippen molar-refractivity contribution in [1.29, 1.82) is 0 Å². The van der Waals surface area contributed by atoms with E-state index in [1.165, 1.54) is 6.07 Å². The van der Waals surface area contributed by atoms with Crippen LogP contribution < -0.4 is 4.72 Å². The first kappa shape index (κ1) is 15.4. The maximum atomic E-state index is 12.3. The molecule has 1 aromatic carbocycles. The van der Waals surface area contributed by atoms with Gasteiger partial charge in [-0.2, -0.15) is 0 Å². The van der Waals surface area contributed by atoms with Gasteiger partial charge >= 0.3 is 0 Å². The molecule has 1 unspecified atom stereocenters. The molecule has 0 amide bonds. The number of benzene rings is 1. The van der Waals surface area contributed by atoms with Crippen LogP contribution in [-0.4, -0.2) is 39.5 Å². The van der Waals surface area contributed by atoms with Crippen molar-refractivity contribution < 1.29 is 21.9 Å². The monoisotopic (exact) mass is 319 g/mol. The molecule has 8 heteroatoms. The zero-order valence-electron chi connectivity index (χ0n) is 11.0. The summed E-state index contributed by atoms with van der Waals surface area (Å²) in [5, 5.41) is 9.17. The van der Waals surface area contributed by atoms with Crippen LogP contribution in [0.3, 0.4) is 0 Å². The number of sulfonamides is 1. The first-order valence-electron chi connectivity index (χ1n) is 6.17. The van der Waals surface area contributed by atoms with Gasteiger partial charge in [-0.3, -0.25) is 0 Å². The molecule has 6 nitrogen and oxygen atoms in total. The minimum atomic E-state index is -3.78. The average Bonchev–Trinajstić information content (AvgIpc) is 2.67. The van der Waals surface area contributed by atoms with Crippen LogP contribution in [0.1, 0.15) is 17.5 Å². The van der Waals surface area contributed by atoms with E-state index in [2.05, 4.69) is 4.72 Å². The van der Waals surface area contributed by atoms with E-state index in [4.69, 9.17) is 5.11 Å². The molecule has 1 heterocycles. The summed E-state index contributed by atoms with van der Waals surface area (Å²) >= 11 is 0. The second-order valence-electron chi connectivity index (χ2n) is 4.92. The first-order chi connectivity index (χ1) is 9.25. The van der Waals surface area contributed by atoms with Gasteiger partial charge in [0.1, 0.15) is 0 Å². The number of nitrogens with one attached hydrogen (secondary N) is 1. The van der Waals surface area contributed by atoms with Crippen LogP contribution in [0, 0.1) is 6.92 Å². The Hall–Kier alpha value is -0.960. The summed E-state index contributed by atoms with van der Waals surface area (Å²) in [5.41, 5.74) is 1.01. The van der Waals surface area contributed by atoms with Crippen molar-refractivity contribution in [3.8, 4) is 0 Å². The third-order valence-electron chi connectivity index (χ3n) is 3.41. The summed E-state index contributed by atoms with van der Waals surface area (Å²) in [5.74, 6) is -0.152. The van der Waals surface area contributed by atoms with Crippen molar-refractivity contribution in [3.05, 3.63) is 29.3 Å². The summed E-state index contributed by atoms with van der Waals surface area (Å²) in [6.45, 7) is 1.37. The fraction of sp³-hybridized carbons (Fsp3) is 0.500. The smallest absolute Gasteiger partial charge is 0.241 e. The fourth-order valence-electron chi connectivity index (χ4n) is 2.29. The van der Waals surface area contributed by atoms with Gasteiger partial charge < -0.3 is 5.11 Å². The Labute approximate surface area is 118 Å². The average molecular weight is 319 g/mol. The molecule has 1 aliphatic rings. The molecule has 0 bridgehead atoms. The minimum absolute atomic E-state index is 0.00977. The molecule has 0 aliphatic carbocycles. The van der Waals surface area contributed by atoms with Crippen LogP contribution in [0.4, 0.5) is 0 Å². The summed E-state index contributed by atoms with van der Waals surface area (Å²) < 4.78 is 49.8. The zero-order valence-corrected chi connectivity index (χ0v) is 12.7. The molecule has 0 saturated carbocycles. The van der Waals surface area contributed by atoms with Crippen molar-refractivity contribution >= 4 is 19.9 Å². The van der Waals surface area contributed by atoms with E-state index in [9.17, 15) is 16.8 Å². The van der Waals surface area contributed by atoms with E-state index >= 15 is 0 Å². The van der Waals surface area contributed by atoms with Crippen molar-refractivity contribution in [2.75, 3.05) is 11.5 Å². The lowest BCUT2D eigenvalue weighted by Gasteiger charge is -2.14. The molecule has 0 spiro atoms. The highest BCUT2D eigenvalue weighted by atomic mass is 32.2. The van der Waals surface area contributed by atoms with Crippen LogP contribution in [-0.2, 0) is 26.5 Å². The van der Waals surface area contributed by atoms with Gasteiger partial charge in [0.05, 0.1) is 23.0 Å². The first-order valence-corrected chi connectivity index (χ1v) is 9.48. The number of aliphatic hydroxyl groups is 1. The Morgan fingerprint density at radius 2 is 2.10 bits per heavy atom. The molecule has 1 saturated heterocycles. The zero-order chi connectivity index (χ0) is 15.0. The lowest BCUT2D eigenvalue weighted by Crippen LogP contribution is -2.36. The van der Waals surface area contributed by atoms with E-state index in [0.717, 1.165) is 0 Å². The van der Waals surface area contributed by atoms with Crippen LogP contribution in [0.5, 0.6) is 0 Å². The highest BCUT2D eigenvalue weighted by Crippen LogP contribution is 2.21. The summed E-state index contributed by atoms with van der Waals surface area (Å²) in [6, 6.07) is 4.06. The Balaban J connectivity index is 2.28. The third kappa shape index (κ3) is 3.20. The number of hydrogen-bond acceptors (Lipinski definition) is 5. The Morgan fingerprint density at radius 3 is 2.65 bits per heavy atom. The fourth-order valence-corrected chi connectivity index (χ4v) is 5.63. The Kier molecular flexibility index (Phi) is 4.19. The number of aliphatic hydroxyl groups excluding tert-OH is 1. The van der Waals surface area contributed by atoms with Crippen molar-refractivity contribution in [2.24, 2.45) is 0 Å². The van der Waals surface area contributed by atoms with E-state index in [0.29, 0.717) is 17.5 Å². The number of sulfone groups is 1. The van der Waals surface area contributed by atoms with E-state index < -0.39 is 25.9 Å². The van der Waals surface area contributed by atoms with Crippen molar-refractivity contribution in [3.63, 3.8) is 0 Å². The second kappa shape index (κ2) is 5.44. The Morgan fingerprint density at radius 1 is 1.40 bits per heavy atom. The molecule has 20 heavy (non-hydrogen) atoms. The highest BCUT2D eigenvalue weighted by molar-refractivity contribution is 7.92. The van der Waals surface area contributed by atoms with E-state index in [1.807, 2.05) is 0 Å². The second-order valence-corrected chi connectivity index (χ2v) is 8.83. The maximum Gasteiger partial charge on any atom is 0.241 e. The van der Waals surface area contributed by atoms with Gasteiger partial charge in [-0.15, -0.1) is 0 Å². The van der Waals surface area contributed by atoms with Gasteiger partial charge in [0.2, 0.25) is 10.0 Å². The lowest BCUT2D eigenvalue weighted by molar-refractivity contribution is 0.280. The summed E-state index contributed by atoms with van der Waals surface area (Å²) in [7, 11) is -6.92. The molecular formula is C12H17NO5S2. The van der Waals surface area contributed by atoms with Crippen molar-refractivity contribution in [2.45, 2.75) is 30.9 Å². The molecule has 0 radical (unpaired) electrons. The largest absolute Gasteiger partial charge is 0.392 e. The quantitative estimate of drug-likeness (QED) is 0.810. The van der Waals surface area contributed by atoms with Crippen LogP contribution in [0.25, 0.3) is 0 Å². The van der Waals surface area contributed by atoms with Gasteiger partial charge in [-0.1, -0.05) is 12.1 Å². The number of rotatable bonds is 4. The normalized spacial score (nSPS) is 22.0. The van der Waals surface area contributed by atoms with E-state index in [1.54, 1.807) is 19.1 Å². The number of hydrogen-bond donors (Lipinski definition) is 2. The van der Waals surface area contributed by atoms with Crippen molar-refractivity contribution in [1.82, 2.24) is 4.72 Å². The molecule has 0 aromatic heterocycles. The SMILES string of the molecule is Cc1c(CO)cccc1S(=O)(=O)NC1CCS(=O)(=O)C1. The standard InChI is InChI=1S/C12H17NO5S2/c1-9-10(7-14)3-2-4-12(9)20(17,18)13-11-5-6-19(15,16)8-11/h2-4,11,13-14H,5-8H2,1H3. The van der Waals surface area contributed by atoms with E-state index in [-0.39, 0.29) is 23.0 Å². The van der Waals surface area contributed by atoms with Gasteiger partial charge in [0.25, 0.3) is 0 Å². The highest BCUT2D eigenvalue weighted by Gasteiger charge is 2.32. The molecule has 2 N–H and O–H groups in total. The van der Waals surface area contributed by atoms with Crippen LogP contribution >= 0.6 is 0 Å². The molecule has 1 aromatic rings. The summed E-state index contributed by atoms with van der Waals surface area (Å²) in [4.78, 5) is 0.0772. The lowest BCUT2D eigenvalue weighted by atomic mass is 10.1. The molecule has 1 atom stereocenters.